The molecule has 0 spiro atoms. The predicted octanol–water partition coefficient (Wildman–Crippen LogP) is 6.68. The highest BCUT2D eigenvalue weighted by molar-refractivity contribution is 5.87. The smallest absolute Gasteiger partial charge is 0.310 e. The largest absolute Gasteiger partial charge is 0.463 e. The number of nitrogens with zero attached hydrogens (tertiary/aromatic N) is 3. The van der Waals surface area contributed by atoms with E-state index in [1.165, 1.54) is 11.1 Å². The van der Waals surface area contributed by atoms with Crippen LogP contribution in [0.3, 0.4) is 0 Å². The molecule has 230 valence electrons. The van der Waals surface area contributed by atoms with Gasteiger partial charge in [-0.15, -0.1) is 0 Å². The lowest BCUT2D eigenvalue weighted by Gasteiger charge is -2.40. The molecule has 2 aromatic carbocycles. The number of carbonyl (C=O) groups is 1. The number of carbonyl (C=O) groups excluding carboxylic acids is 1. The fraction of sp³-hybridized carbons (Fsp3) is 0.500. The summed E-state index contributed by atoms with van der Waals surface area (Å²) in [5.41, 5.74) is 10.2. The Kier molecular flexibility index (Phi) is 9.23. The molecule has 5 rings (SSSR count). The van der Waals surface area contributed by atoms with Crippen LogP contribution in [0.1, 0.15) is 79.7 Å². The van der Waals surface area contributed by atoms with Gasteiger partial charge in [0.1, 0.15) is 5.82 Å². The highest BCUT2D eigenvalue weighted by Gasteiger charge is 2.31. The minimum absolute atomic E-state index is 0.146. The maximum atomic E-state index is 13.6. The Morgan fingerprint density at radius 3 is 2.49 bits per heavy atom. The lowest BCUT2D eigenvalue weighted by atomic mass is 9.81. The van der Waals surface area contributed by atoms with Crippen LogP contribution in [0.5, 0.6) is 0 Å². The monoisotopic (exact) mass is 587 g/mol. The zero-order valence-electron chi connectivity index (χ0n) is 26.6. The molecule has 7 heteroatoms. The van der Waals surface area contributed by atoms with Crippen LogP contribution in [0.25, 0.3) is 11.1 Å². The number of aromatic nitrogens is 1. The molecule has 0 aliphatic carbocycles. The average Bonchev–Trinajstić information content (AvgIpc) is 2.95. The summed E-state index contributed by atoms with van der Waals surface area (Å²) in [6.45, 7) is 16.4. The number of piperidine rings is 1. The summed E-state index contributed by atoms with van der Waals surface area (Å²) in [7, 11) is 0. The van der Waals surface area contributed by atoms with Gasteiger partial charge in [0.2, 0.25) is 0 Å². The summed E-state index contributed by atoms with van der Waals surface area (Å²) >= 11 is 0. The van der Waals surface area contributed by atoms with Crippen LogP contribution in [0, 0.1) is 25.1 Å². The van der Waals surface area contributed by atoms with Crippen LogP contribution in [-0.4, -0.2) is 46.7 Å². The molecule has 1 N–H and O–H groups in total. The number of aliphatic hydroxyl groups is 1. The van der Waals surface area contributed by atoms with Gasteiger partial charge in [-0.25, -0.2) is 4.39 Å². The molecule has 0 radical (unpaired) electrons. The van der Waals surface area contributed by atoms with Crippen molar-refractivity contribution in [2.24, 2.45) is 5.41 Å². The van der Waals surface area contributed by atoms with E-state index in [1.54, 1.807) is 12.1 Å². The Bertz CT molecular complexity index is 1490. The molecule has 2 aliphatic rings. The van der Waals surface area contributed by atoms with Crippen LogP contribution >= 0.6 is 0 Å². The number of hydrogen-bond acceptors (Lipinski definition) is 6. The van der Waals surface area contributed by atoms with Gasteiger partial charge in [0, 0.05) is 49.5 Å². The number of ether oxygens (including phenoxy) is 1. The van der Waals surface area contributed by atoms with Crippen LogP contribution in [0.4, 0.5) is 10.1 Å². The normalized spacial score (nSPS) is 16.8. The van der Waals surface area contributed by atoms with E-state index in [9.17, 15) is 14.3 Å². The number of aryl methyl sites for hydroxylation is 2. The fourth-order valence-electron chi connectivity index (χ4n) is 6.53. The molecule has 1 fully saturated rings. The van der Waals surface area contributed by atoms with Gasteiger partial charge >= 0.3 is 5.97 Å². The second-order valence-corrected chi connectivity index (χ2v) is 13.4. The lowest BCUT2D eigenvalue weighted by molar-refractivity contribution is -0.146. The average molecular weight is 588 g/mol. The van der Waals surface area contributed by atoms with Gasteiger partial charge in [-0.1, -0.05) is 38.1 Å². The Balaban J connectivity index is 1.52. The fourth-order valence-corrected chi connectivity index (χ4v) is 6.53. The molecule has 0 atom stereocenters. The van der Waals surface area contributed by atoms with E-state index < -0.39 is 0 Å². The van der Waals surface area contributed by atoms with Crippen molar-refractivity contribution >= 4 is 11.7 Å². The number of aliphatic hydroxyl groups excluding tert-OH is 1. The zero-order chi connectivity index (χ0) is 30.9. The van der Waals surface area contributed by atoms with Gasteiger partial charge in [0.25, 0.3) is 0 Å². The van der Waals surface area contributed by atoms with E-state index in [0.29, 0.717) is 5.69 Å². The molecule has 43 heavy (non-hydrogen) atoms. The van der Waals surface area contributed by atoms with E-state index in [4.69, 9.17) is 9.72 Å². The third-order valence-electron chi connectivity index (χ3n) is 9.11. The summed E-state index contributed by atoms with van der Waals surface area (Å²) in [6.07, 6.45) is 2.95. The molecule has 1 aromatic heterocycles. The first kappa shape index (κ1) is 31.1. The number of benzene rings is 2. The van der Waals surface area contributed by atoms with Crippen molar-refractivity contribution in [3.8, 4) is 11.1 Å². The standard InChI is InChI=1S/C36H46FN3O3/c1-23(2)43-33(42)19-31-25(4)38-32(22-41)34(35(31)40-15-12-36(5,6)13-16-40)27-7-8-29-21-39(14-11-26(29)18-27)20-28-9-10-30(37)17-24(28)3/h7-10,17-18,23,41H,11-16,19-22H2,1-6H3. The SMILES string of the molecule is Cc1cc(F)ccc1CN1CCc2cc(-c3c(CO)nc(C)c(CC(=O)OC(C)C)c3N3CCC(C)(C)CC3)ccc2C1. The summed E-state index contributed by atoms with van der Waals surface area (Å²) in [5.74, 6) is -0.457. The number of fused-ring (bicyclic) bond motifs is 1. The molecule has 0 amide bonds. The Hall–Kier alpha value is -3.29. The summed E-state index contributed by atoms with van der Waals surface area (Å²) in [4.78, 5) is 22.6. The second kappa shape index (κ2) is 12.7. The molecule has 1 saturated heterocycles. The van der Waals surface area contributed by atoms with Gasteiger partial charge in [-0.05, 0) is 92.3 Å². The van der Waals surface area contributed by atoms with Crippen LogP contribution in [0.2, 0.25) is 0 Å². The van der Waals surface area contributed by atoms with Crippen LogP contribution < -0.4 is 4.90 Å². The summed E-state index contributed by atoms with van der Waals surface area (Å²) in [6, 6.07) is 11.6. The van der Waals surface area contributed by atoms with E-state index in [2.05, 4.69) is 41.8 Å². The quantitative estimate of drug-likeness (QED) is 0.297. The molecule has 3 aromatic rings. The zero-order valence-corrected chi connectivity index (χ0v) is 26.6. The number of hydrogen-bond donors (Lipinski definition) is 1. The van der Waals surface area contributed by atoms with Crippen LogP contribution in [-0.2, 0) is 42.1 Å². The number of esters is 1. The molecule has 2 aliphatic heterocycles. The van der Waals surface area contributed by atoms with E-state index in [1.807, 2.05) is 33.8 Å². The van der Waals surface area contributed by atoms with Gasteiger partial charge < -0.3 is 14.7 Å². The van der Waals surface area contributed by atoms with Crippen molar-refractivity contribution in [3.05, 3.63) is 81.4 Å². The van der Waals surface area contributed by atoms with Crippen LogP contribution in [0.15, 0.2) is 36.4 Å². The van der Waals surface area contributed by atoms with Crippen molar-refractivity contribution in [3.63, 3.8) is 0 Å². The molecule has 0 bridgehead atoms. The van der Waals surface area contributed by atoms with Crippen molar-refractivity contribution in [2.45, 2.75) is 93.0 Å². The second-order valence-electron chi connectivity index (χ2n) is 13.4. The highest BCUT2D eigenvalue weighted by atomic mass is 19.1. The molecule has 6 nitrogen and oxygen atoms in total. The molecule has 3 heterocycles. The molecule has 0 unspecified atom stereocenters. The van der Waals surface area contributed by atoms with Crippen molar-refractivity contribution in [1.82, 2.24) is 9.88 Å². The summed E-state index contributed by atoms with van der Waals surface area (Å²) < 4.78 is 19.2. The lowest BCUT2D eigenvalue weighted by Crippen LogP contribution is -2.38. The van der Waals surface area contributed by atoms with Crippen molar-refractivity contribution in [1.29, 1.82) is 0 Å². The van der Waals surface area contributed by atoms with E-state index in [0.717, 1.165) is 91.2 Å². The summed E-state index contributed by atoms with van der Waals surface area (Å²) in [5, 5.41) is 10.6. The number of halogens is 1. The highest BCUT2D eigenvalue weighted by Crippen LogP contribution is 2.42. The first-order valence-electron chi connectivity index (χ1n) is 15.6. The van der Waals surface area contributed by atoms with Gasteiger partial charge in [-0.3, -0.25) is 14.7 Å². The first-order chi connectivity index (χ1) is 20.4. The predicted molar refractivity (Wildman–Crippen MR) is 169 cm³/mol. The Labute approximate surface area is 255 Å². The number of pyridine rings is 1. The van der Waals surface area contributed by atoms with Gasteiger partial charge in [0.05, 0.1) is 30.5 Å². The minimum Gasteiger partial charge on any atom is -0.463 e. The maximum Gasteiger partial charge on any atom is 0.310 e. The third-order valence-corrected chi connectivity index (χ3v) is 9.11. The minimum atomic E-state index is -0.261. The maximum absolute atomic E-state index is 13.6. The van der Waals surface area contributed by atoms with E-state index >= 15 is 0 Å². The molecular formula is C36H46FN3O3. The Morgan fingerprint density at radius 1 is 1.07 bits per heavy atom. The van der Waals surface area contributed by atoms with Gasteiger partial charge in [0.15, 0.2) is 0 Å². The number of anilines is 1. The van der Waals surface area contributed by atoms with Crippen molar-refractivity contribution < 1.29 is 19.0 Å². The first-order valence-corrected chi connectivity index (χ1v) is 15.6. The number of rotatable bonds is 8. The van der Waals surface area contributed by atoms with Crippen molar-refractivity contribution in [2.75, 3.05) is 24.5 Å². The Morgan fingerprint density at radius 2 is 1.81 bits per heavy atom. The topological polar surface area (TPSA) is 65.9 Å². The van der Waals surface area contributed by atoms with E-state index in [-0.39, 0.29) is 36.3 Å². The molecule has 0 saturated carbocycles. The van der Waals surface area contributed by atoms with Gasteiger partial charge in [-0.2, -0.15) is 0 Å². The molecular weight excluding hydrogens is 541 g/mol. The third kappa shape index (κ3) is 7.10.